The van der Waals surface area contributed by atoms with Gasteiger partial charge in [-0.2, -0.15) is 18.3 Å². The van der Waals surface area contributed by atoms with Crippen molar-refractivity contribution < 1.29 is 37.5 Å². The van der Waals surface area contributed by atoms with Gasteiger partial charge in [0, 0.05) is 13.6 Å². The van der Waals surface area contributed by atoms with E-state index in [0.717, 1.165) is 15.8 Å². The highest BCUT2D eigenvalue weighted by Crippen LogP contribution is 2.65. The average molecular weight is 517 g/mol. The van der Waals surface area contributed by atoms with Gasteiger partial charge in [-0.05, 0) is 22.7 Å². The number of hydrogen-bond donors (Lipinski definition) is 4. The molecule has 2 aliphatic rings. The summed E-state index contributed by atoms with van der Waals surface area (Å²) >= 11 is 0. The number of primary amides is 1. The number of likely N-dealkylation sites (tertiary alicyclic amines) is 1. The summed E-state index contributed by atoms with van der Waals surface area (Å²) in [5.41, 5.74) is 3.95. The van der Waals surface area contributed by atoms with Gasteiger partial charge in [0.2, 0.25) is 23.6 Å². The molecule has 1 aromatic heterocycles. The van der Waals surface area contributed by atoms with Crippen molar-refractivity contribution in [3.05, 3.63) is 11.8 Å². The largest absolute Gasteiger partial charge is 0.493 e. The Labute approximate surface area is 205 Å². The van der Waals surface area contributed by atoms with Crippen LogP contribution in [0.25, 0.3) is 0 Å². The van der Waals surface area contributed by atoms with Crippen molar-refractivity contribution in [1.82, 2.24) is 25.3 Å². The number of carbonyl (C=O) groups excluding carboxylic acids is 4. The summed E-state index contributed by atoms with van der Waals surface area (Å²) in [6.45, 7) is 8.37. The van der Waals surface area contributed by atoms with Crippen LogP contribution in [0, 0.1) is 22.7 Å². The van der Waals surface area contributed by atoms with Crippen LogP contribution >= 0.6 is 0 Å². The number of aromatic nitrogens is 2. The molecule has 14 heteroatoms. The van der Waals surface area contributed by atoms with E-state index in [1.165, 1.54) is 27.8 Å². The maximum Gasteiger partial charge on any atom is 0.471 e. The fourth-order valence-electron chi connectivity index (χ4n) is 5.02. The summed E-state index contributed by atoms with van der Waals surface area (Å²) < 4.78 is 39.9. The first kappa shape index (κ1) is 27.3. The second kappa shape index (κ2) is 8.66. The molecule has 36 heavy (non-hydrogen) atoms. The van der Waals surface area contributed by atoms with Crippen LogP contribution in [0.5, 0.6) is 5.88 Å². The number of carbonyl (C=O) groups is 4. The first-order chi connectivity index (χ1) is 16.3. The van der Waals surface area contributed by atoms with E-state index in [0.29, 0.717) is 0 Å². The summed E-state index contributed by atoms with van der Waals surface area (Å²) in [5, 5.41) is 18.2. The Morgan fingerprint density at radius 2 is 1.78 bits per heavy atom. The number of nitrogens with two attached hydrogens (primary N) is 1. The van der Waals surface area contributed by atoms with E-state index < -0.39 is 59.2 Å². The van der Waals surface area contributed by atoms with Gasteiger partial charge in [-0.25, -0.2) is 4.68 Å². The van der Waals surface area contributed by atoms with Crippen LogP contribution in [-0.4, -0.2) is 68.2 Å². The van der Waals surface area contributed by atoms with Gasteiger partial charge in [-0.3, -0.25) is 19.2 Å². The maximum atomic E-state index is 13.5. The minimum atomic E-state index is -5.20. The number of nitrogens with zero attached hydrogens (tertiary/aromatic N) is 3. The van der Waals surface area contributed by atoms with E-state index >= 15 is 0 Å². The Bertz CT molecular complexity index is 1090. The SMILES string of the molecule is Cn1ncc(C(NC(=O)[C@@H]2[C@@H]3[C@H](CN2C(=O)C(NC(=O)C(F)(F)F)C(C)(C)C)C3(C)C)C(N)=O)c1O. The van der Waals surface area contributed by atoms with Gasteiger partial charge in [-0.1, -0.05) is 34.6 Å². The topological polar surface area (TPSA) is 160 Å². The van der Waals surface area contributed by atoms with Crippen LogP contribution in [0.2, 0.25) is 0 Å². The van der Waals surface area contributed by atoms with Gasteiger partial charge < -0.3 is 26.4 Å². The van der Waals surface area contributed by atoms with Crippen molar-refractivity contribution in [2.24, 2.45) is 35.4 Å². The zero-order valence-corrected chi connectivity index (χ0v) is 20.8. The van der Waals surface area contributed by atoms with Crippen molar-refractivity contribution in [1.29, 1.82) is 0 Å². The predicted molar refractivity (Wildman–Crippen MR) is 119 cm³/mol. The average Bonchev–Trinajstić information content (AvgIpc) is 3.05. The second-order valence-corrected chi connectivity index (χ2v) is 11.1. The molecule has 0 bridgehead atoms. The highest BCUT2D eigenvalue weighted by atomic mass is 19.4. The van der Waals surface area contributed by atoms with Crippen LogP contribution in [0.4, 0.5) is 13.2 Å². The molecule has 11 nitrogen and oxygen atoms in total. The van der Waals surface area contributed by atoms with Gasteiger partial charge in [-0.15, -0.1) is 0 Å². The lowest BCUT2D eigenvalue weighted by Gasteiger charge is -2.38. The van der Waals surface area contributed by atoms with E-state index in [1.807, 2.05) is 13.8 Å². The number of aryl methyl sites for hydroxylation is 1. The van der Waals surface area contributed by atoms with Crippen molar-refractivity contribution in [2.45, 2.75) is 58.9 Å². The van der Waals surface area contributed by atoms with E-state index in [4.69, 9.17) is 5.73 Å². The minimum absolute atomic E-state index is 0.0501. The molecular weight excluding hydrogens is 485 g/mol. The third-order valence-corrected chi connectivity index (χ3v) is 7.22. The molecule has 1 aliphatic heterocycles. The first-order valence-electron chi connectivity index (χ1n) is 11.3. The van der Waals surface area contributed by atoms with Crippen molar-refractivity contribution in [3.8, 4) is 5.88 Å². The molecule has 0 radical (unpaired) electrons. The lowest BCUT2D eigenvalue weighted by Crippen LogP contribution is -2.61. The fourth-order valence-corrected chi connectivity index (χ4v) is 5.02. The smallest absolute Gasteiger partial charge is 0.471 e. The Morgan fingerprint density at radius 1 is 1.19 bits per heavy atom. The molecule has 2 fully saturated rings. The molecule has 2 unspecified atom stereocenters. The Balaban J connectivity index is 1.92. The number of fused-ring (bicyclic) bond motifs is 1. The molecule has 4 amide bonds. The molecule has 1 aromatic rings. The Kier molecular flexibility index (Phi) is 6.56. The summed E-state index contributed by atoms with van der Waals surface area (Å²) in [7, 11) is 1.41. The van der Waals surface area contributed by atoms with Gasteiger partial charge in [0.05, 0.1) is 11.8 Å². The number of nitrogens with one attached hydrogen (secondary N) is 2. The highest BCUT2D eigenvalue weighted by molar-refractivity contribution is 5.96. The van der Waals surface area contributed by atoms with Gasteiger partial charge in [0.15, 0.2) is 0 Å². The van der Waals surface area contributed by atoms with Crippen LogP contribution in [0.3, 0.4) is 0 Å². The lowest BCUT2D eigenvalue weighted by atomic mass is 9.85. The summed E-state index contributed by atoms with van der Waals surface area (Å²) in [4.78, 5) is 51.9. The molecule has 0 aromatic carbocycles. The van der Waals surface area contributed by atoms with Gasteiger partial charge in [0.25, 0.3) is 0 Å². The molecule has 200 valence electrons. The van der Waals surface area contributed by atoms with E-state index in [2.05, 4.69) is 10.4 Å². The Morgan fingerprint density at radius 3 is 2.22 bits per heavy atom. The minimum Gasteiger partial charge on any atom is -0.493 e. The van der Waals surface area contributed by atoms with Crippen LogP contribution in [-0.2, 0) is 26.2 Å². The van der Waals surface area contributed by atoms with Crippen LogP contribution in [0.1, 0.15) is 46.2 Å². The van der Waals surface area contributed by atoms with E-state index in [-0.39, 0.29) is 29.4 Å². The monoisotopic (exact) mass is 516 g/mol. The molecule has 1 aliphatic carbocycles. The predicted octanol–water partition coefficient (Wildman–Crippen LogP) is 0.345. The number of rotatable bonds is 6. The third kappa shape index (κ3) is 4.72. The summed E-state index contributed by atoms with van der Waals surface area (Å²) in [6, 6.07) is -4.17. The van der Waals surface area contributed by atoms with Crippen LogP contribution < -0.4 is 16.4 Å². The lowest BCUT2D eigenvalue weighted by molar-refractivity contribution is -0.176. The quantitative estimate of drug-likeness (QED) is 0.427. The summed E-state index contributed by atoms with van der Waals surface area (Å²) in [6.07, 6.45) is -4.04. The van der Waals surface area contributed by atoms with Gasteiger partial charge in [0.1, 0.15) is 18.1 Å². The van der Waals surface area contributed by atoms with Crippen molar-refractivity contribution in [2.75, 3.05) is 6.54 Å². The van der Waals surface area contributed by atoms with Crippen LogP contribution in [0.15, 0.2) is 6.20 Å². The van der Waals surface area contributed by atoms with Crippen molar-refractivity contribution in [3.63, 3.8) is 0 Å². The first-order valence-corrected chi connectivity index (χ1v) is 11.3. The number of aromatic hydroxyl groups is 1. The molecule has 1 saturated heterocycles. The second-order valence-electron chi connectivity index (χ2n) is 11.1. The maximum absolute atomic E-state index is 13.5. The number of piperidine rings is 1. The highest BCUT2D eigenvalue weighted by Gasteiger charge is 2.70. The number of alkyl halides is 3. The molecule has 5 atom stereocenters. The standard InChI is InChI=1S/C22H31F3N6O5/c1-20(2,3)14(29-19(36)22(23,24)25)18(35)31-8-10-11(21(10,4)5)13(31)16(33)28-12(15(26)32)9-7-27-30(6)17(9)34/h7,10-14,34H,8H2,1-6H3,(H2,26,32)(H,28,33)(H,29,36)/t10-,11-,12?,13-,14?/m0/s1. The van der Waals surface area contributed by atoms with Gasteiger partial charge >= 0.3 is 12.1 Å². The third-order valence-electron chi connectivity index (χ3n) is 7.22. The molecule has 2 heterocycles. The van der Waals surface area contributed by atoms with E-state index in [9.17, 15) is 37.5 Å². The molecule has 5 N–H and O–H groups in total. The fraction of sp³-hybridized carbons (Fsp3) is 0.682. The molecule has 1 saturated carbocycles. The molecule has 0 spiro atoms. The normalized spacial score (nSPS) is 24.5. The molecular formula is C22H31F3N6O5. The summed E-state index contributed by atoms with van der Waals surface area (Å²) in [5.74, 6) is -5.70. The number of amides is 4. The Hall–Kier alpha value is -3.32. The van der Waals surface area contributed by atoms with Crippen molar-refractivity contribution >= 4 is 23.6 Å². The molecule has 3 rings (SSSR count). The zero-order valence-electron chi connectivity index (χ0n) is 20.8. The number of halogens is 3. The van der Waals surface area contributed by atoms with E-state index in [1.54, 1.807) is 5.32 Å². The zero-order chi connectivity index (χ0) is 27.5. The number of hydrogen-bond acceptors (Lipinski definition) is 6.